The topological polar surface area (TPSA) is 37.8 Å². The zero-order chi connectivity index (χ0) is 12.4. The highest BCUT2D eigenvalue weighted by molar-refractivity contribution is 6.29. The summed E-state index contributed by atoms with van der Waals surface area (Å²) in [4.78, 5) is 7.36. The van der Waals surface area contributed by atoms with Gasteiger partial charge in [-0.1, -0.05) is 11.6 Å². The van der Waals surface area contributed by atoms with E-state index in [2.05, 4.69) is 15.3 Å². The largest absolute Gasteiger partial charge is 0.338 e. The molecular weight excluding hydrogens is 255 g/mol. The molecule has 0 radical (unpaired) electrons. The summed E-state index contributed by atoms with van der Waals surface area (Å²) < 4.78 is 38.8. The molecule has 1 heterocycles. The number of rotatable bonds is 2. The minimum Gasteiger partial charge on any atom is -0.338 e. The van der Waals surface area contributed by atoms with Crippen molar-refractivity contribution in [2.75, 3.05) is 5.32 Å². The van der Waals surface area contributed by atoms with Crippen LogP contribution in [-0.2, 0) is 0 Å². The van der Waals surface area contributed by atoms with Gasteiger partial charge in [0.2, 0.25) is 0 Å². The summed E-state index contributed by atoms with van der Waals surface area (Å²) in [5.74, 6) is -3.17. The summed E-state index contributed by atoms with van der Waals surface area (Å²) in [5, 5.41) is 2.61. The van der Waals surface area contributed by atoms with Gasteiger partial charge in [-0.05, 0) is 0 Å². The summed E-state index contributed by atoms with van der Waals surface area (Å²) >= 11 is 5.59. The SMILES string of the molecule is Fc1cc(F)c(Nc2cc(Cl)ncn2)cc1F. The maximum Gasteiger partial charge on any atom is 0.161 e. The second-order valence-corrected chi connectivity index (χ2v) is 3.48. The van der Waals surface area contributed by atoms with Crippen LogP contribution in [0.5, 0.6) is 0 Å². The molecule has 88 valence electrons. The van der Waals surface area contributed by atoms with E-state index in [0.717, 1.165) is 6.33 Å². The van der Waals surface area contributed by atoms with Gasteiger partial charge >= 0.3 is 0 Å². The van der Waals surface area contributed by atoms with Gasteiger partial charge in [0.05, 0.1) is 5.69 Å². The quantitative estimate of drug-likeness (QED) is 0.664. The molecule has 1 N–H and O–H groups in total. The zero-order valence-corrected chi connectivity index (χ0v) is 8.97. The van der Waals surface area contributed by atoms with Crippen LogP contribution >= 0.6 is 11.6 Å². The van der Waals surface area contributed by atoms with Gasteiger partial charge in [0, 0.05) is 18.2 Å². The average Bonchev–Trinajstić information content (AvgIpc) is 2.26. The smallest absolute Gasteiger partial charge is 0.161 e. The Kier molecular flexibility index (Phi) is 3.14. The first-order valence-corrected chi connectivity index (χ1v) is 4.83. The van der Waals surface area contributed by atoms with Gasteiger partial charge in [-0.25, -0.2) is 23.1 Å². The second-order valence-electron chi connectivity index (χ2n) is 3.10. The van der Waals surface area contributed by atoms with Crippen molar-refractivity contribution in [2.24, 2.45) is 0 Å². The third-order valence-electron chi connectivity index (χ3n) is 1.91. The van der Waals surface area contributed by atoms with Crippen LogP contribution in [0.2, 0.25) is 5.15 Å². The van der Waals surface area contributed by atoms with Crippen molar-refractivity contribution < 1.29 is 13.2 Å². The lowest BCUT2D eigenvalue weighted by molar-refractivity contribution is 0.496. The first-order chi connectivity index (χ1) is 8.06. The number of nitrogens with zero attached hydrogens (tertiary/aromatic N) is 2. The van der Waals surface area contributed by atoms with Crippen molar-refractivity contribution in [3.63, 3.8) is 0 Å². The van der Waals surface area contributed by atoms with E-state index in [9.17, 15) is 13.2 Å². The second kappa shape index (κ2) is 4.58. The minimum atomic E-state index is -1.26. The van der Waals surface area contributed by atoms with Crippen LogP contribution < -0.4 is 5.32 Å². The average molecular weight is 260 g/mol. The molecule has 0 atom stereocenters. The van der Waals surface area contributed by atoms with Gasteiger partial charge in [-0.15, -0.1) is 0 Å². The number of benzene rings is 1. The molecule has 0 aliphatic carbocycles. The molecule has 2 aromatic rings. The normalized spacial score (nSPS) is 10.4. The number of anilines is 2. The van der Waals surface area contributed by atoms with Gasteiger partial charge in [0.15, 0.2) is 11.6 Å². The van der Waals surface area contributed by atoms with Crippen LogP contribution in [0.3, 0.4) is 0 Å². The molecule has 1 aromatic heterocycles. The third-order valence-corrected chi connectivity index (χ3v) is 2.11. The summed E-state index contributed by atoms with van der Waals surface area (Å²) in [6.07, 6.45) is 1.16. The van der Waals surface area contributed by atoms with Gasteiger partial charge < -0.3 is 5.32 Å². The van der Waals surface area contributed by atoms with E-state index < -0.39 is 17.5 Å². The van der Waals surface area contributed by atoms with E-state index in [0.29, 0.717) is 12.1 Å². The van der Waals surface area contributed by atoms with E-state index >= 15 is 0 Å². The molecule has 0 spiro atoms. The summed E-state index contributed by atoms with van der Waals surface area (Å²) in [5.41, 5.74) is -0.237. The Labute approximate surface area is 99.3 Å². The van der Waals surface area contributed by atoms with Crippen LogP contribution in [0, 0.1) is 17.5 Å². The standard InChI is InChI=1S/C10H5ClF3N3/c11-9-3-10(16-4-15-9)17-8-2-6(13)5(12)1-7(8)14/h1-4H,(H,15,16,17). The first-order valence-electron chi connectivity index (χ1n) is 4.45. The highest BCUT2D eigenvalue weighted by Gasteiger charge is 2.10. The van der Waals surface area contributed by atoms with Crippen LogP contribution in [-0.4, -0.2) is 9.97 Å². The number of hydrogen-bond acceptors (Lipinski definition) is 3. The Morgan fingerprint density at radius 2 is 1.65 bits per heavy atom. The molecule has 0 aliphatic heterocycles. The maximum atomic E-state index is 13.3. The molecule has 0 saturated carbocycles. The third kappa shape index (κ3) is 2.65. The van der Waals surface area contributed by atoms with E-state index in [4.69, 9.17) is 11.6 Å². The zero-order valence-electron chi connectivity index (χ0n) is 8.22. The lowest BCUT2D eigenvalue weighted by atomic mass is 10.3. The van der Waals surface area contributed by atoms with Crippen molar-refractivity contribution >= 4 is 23.1 Å². The Bertz CT molecular complexity index is 562. The number of aromatic nitrogens is 2. The fourth-order valence-electron chi connectivity index (χ4n) is 1.16. The lowest BCUT2D eigenvalue weighted by Crippen LogP contribution is -1.99. The molecule has 0 saturated heterocycles. The molecule has 0 amide bonds. The Hall–Kier alpha value is -1.82. The molecule has 7 heteroatoms. The van der Waals surface area contributed by atoms with E-state index in [-0.39, 0.29) is 16.7 Å². The molecule has 0 bridgehead atoms. The highest BCUT2D eigenvalue weighted by Crippen LogP contribution is 2.22. The molecule has 0 fully saturated rings. The lowest BCUT2D eigenvalue weighted by Gasteiger charge is -2.07. The Morgan fingerprint density at radius 3 is 2.35 bits per heavy atom. The fourth-order valence-corrected chi connectivity index (χ4v) is 1.31. The summed E-state index contributed by atoms with van der Waals surface area (Å²) in [7, 11) is 0. The molecule has 0 aliphatic rings. The number of hydrogen-bond donors (Lipinski definition) is 1. The van der Waals surface area contributed by atoms with Gasteiger partial charge in [0.1, 0.15) is 23.1 Å². The van der Waals surface area contributed by atoms with Crippen LogP contribution in [0.1, 0.15) is 0 Å². The van der Waals surface area contributed by atoms with Crippen LogP contribution in [0.15, 0.2) is 24.5 Å². The number of nitrogens with one attached hydrogen (secondary N) is 1. The molecular formula is C10H5ClF3N3. The highest BCUT2D eigenvalue weighted by atomic mass is 35.5. The Morgan fingerprint density at radius 1 is 0.941 bits per heavy atom. The fraction of sp³-hybridized carbons (Fsp3) is 0. The van der Waals surface area contributed by atoms with Gasteiger partial charge in [-0.2, -0.15) is 0 Å². The number of halogens is 4. The van der Waals surface area contributed by atoms with Gasteiger partial charge in [-0.3, -0.25) is 0 Å². The van der Waals surface area contributed by atoms with E-state index in [1.165, 1.54) is 6.07 Å². The monoisotopic (exact) mass is 259 g/mol. The Balaban J connectivity index is 2.33. The molecule has 0 unspecified atom stereocenters. The predicted octanol–water partition coefficient (Wildman–Crippen LogP) is 3.29. The van der Waals surface area contributed by atoms with Crippen molar-refractivity contribution in [1.82, 2.24) is 9.97 Å². The first kappa shape index (κ1) is 11.7. The molecule has 2 rings (SSSR count). The van der Waals surface area contributed by atoms with E-state index in [1.54, 1.807) is 0 Å². The van der Waals surface area contributed by atoms with Gasteiger partial charge in [0.25, 0.3) is 0 Å². The molecule has 1 aromatic carbocycles. The van der Waals surface area contributed by atoms with Crippen molar-refractivity contribution in [1.29, 1.82) is 0 Å². The predicted molar refractivity (Wildman–Crippen MR) is 56.6 cm³/mol. The minimum absolute atomic E-state index is 0.144. The maximum absolute atomic E-state index is 13.3. The summed E-state index contributed by atoms with van der Waals surface area (Å²) in [6.45, 7) is 0. The van der Waals surface area contributed by atoms with Crippen molar-refractivity contribution in [3.8, 4) is 0 Å². The summed E-state index contributed by atoms with van der Waals surface area (Å²) in [6, 6.07) is 2.46. The van der Waals surface area contributed by atoms with E-state index in [1.807, 2.05) is 0 Å². The van der Waals surface area contributed by atoms with Crippen molar-refractivity contribution in [3.05, 3.63) is 47.1 Å². The van der Waals surface area contributed by atoms with Crippen LogP contribution in [0.25, 0.3) is 0 Å². The van der Waals surface area contributed by atoms with Crippen molar-refractivity contribution in [2.45, 2.75) is 0 Å². The van der Waals surface area contributed by atoms with Crippen LogP contribution in [0.4, 0.5) is 24.7 Å². The molecule has 17 heavy (non-hydrogen) atoms. The molecule has 3 nitrogen and oxygen atoms in total.